The zero-order valence-corrected chi connectivity index (χ0v) is 27.3. The first-order valence-electron chi connectivity index (χ1n) is 17.7. The molecule has 1 aromatic heterocycles. The number of hydrogen-bond acceptors (Lipinski definition) is 2. The third-order valence-electron chi connectivity index (χ3n) is 11.7. The molecule has 0 saturated carbocycles. The van der Waals surface area contributed by atoms with Gasteiger partial charge >= 0.3 is 0 Å². The van der Waals surface area contributed by atoms with Gasteiger partial charge in [-0.15, -0.1) is 0 Å². The molecule has 3 heteroatoms. The molecule has 0 fully saturated rings. The van der Waals surface area contributed by atoms with Crippen LogP contribution in [-0.4, -0.2) is 10.8 Å². The fourth-order valence-corrected chi connectivity index (χ4v) is 9.68. The van der Waals surface area contributed by atoms with Gasteiger partial charge in [-0.2, -0.15) is 0 Å². The Morgan fingerprint density at radius 1 is 0.694 bits per heavy atom. The van der Waals surface area contributed by atoms with E-state index in [9.17, 15) is 0 Å². The average molecular weight is 630 g/mol. The first kappa shape index (κ1) is 27.3. The highest BCUT2D eigenvalue weighted by atomic mass is 15.1. The van der Waals surface area contributed by atoms with Gasteiger partial charge in [0.05, 0.1) is 29.9 Å². The monoisotopic (exact) mass is 629 g/mol. The molecular weight excluding hydrogens is 595 g/mol. The number of aromatic nitrogens is 1. The van der Waals surface area contributed by atoms with Crippen LogP contribution in [0.3, 0.4) is 0 Å². The van der Waals surface area contributed by atoms with Gasteiger partial charge < -0.3 is 9.88 Å². The Kier molecular flexibility index (Phi) is 5.66. The standard InChI is InChI=1S/C46H35N3/c1-2-11-29(12-3-1)30-13-10-14-32(23-30)49-44-27-47-26-38(44)37-25-43(48-28-45(37)49)31-21-22-42-36(24-31)35-17-6-9-20-41(35)46(42)39-18-7-4-15-33(39)34-16-5-8-19-40(34)46/h1-2,4-5,7-11,13-16,18-26,48H,3,6,12,17,27-28H2. The van der Waals surface area contributed by atoms with Crippen LogP contribution in [0, 0.1) is 0 Å². The highest BCUT2D eigenvalue weighted by Crippen LogP contribution is 2.63. The summed E-state index contributed by atoms with van der Waals surface area (Å²) < 4.78 is 2.47. The van der Waals surface area contributed by atoms with Crippen molar-refractivity contribution in [3.8, 4) is 16.8 Å². The minimum Gasteiger partial charge on any atom is -0.379 e. The SMILES string of the molecule is C1=CCCC(c2cccc(-n3c4c(c5c3CNC(c3ccc6c(c3)C3=C(C=CCC3)C63c6ccccc6-c6ccccc63)=C5)C=NC4)c2)=C1. The largest absolute Gasteiger partial charge is 0.379 e. The summed E-state index contributed by atoms with van der Waals surface area (Å²) in [5, 5.41) is 3.87. The van der Waals surface area contributed by atoms with Crippen molar-refractivity contribution in [1.29, 1.82) is 0 Å². The maximum Gasteiger partial charge on any atom is 0.0802 e. The number of nitrogens with zero attached hydrogens (tertiary/aromatic N) is 2. The van der Waals surface area contributed by atoms with Crippen LogP contribution in [0.1, 0.15) is 81.6 Å². The van der Waals surface area contributed by atoms with Gasteiger partial charge in [-0.3, -0.25) is 4.99 Å². The molecule has 0 atom stereocenters. The van der Waals surface area contributed by atoms with Crippen molar-refractivity contribution in [2.24, 2.45) is 4.99 Å². The predicted molar refractivity (Wildman–Crippen MR) is 202 cm³/mol. The van der Waals surface area contributed by atoms with E-state index in [4.69, 9.17) is 4.99 Å². The first-order chi connectivity index (χ1) is 24.3. The summed E-state index contributed by atoms with van der Waals surface area (Å²) in [6, 6.07) is 34.5. The van der Waals surface area contributed by atoms with Crippen LogP contribution in [0.25, 0.3) is 39.7 Å². The normalized spacial score (nSPS) is 18.4. The van der Waals surface area contributed by atoms with Crippen LogP contribution in [0.4, 0.5) is 0 Å². The maximum absolute atomic E-state index is 4.76. The summed E-state index contributed by atoms with van der Waals surface area (Å²) in [5.41, 5.74) is 22.6. The minimum absolute atomic E-state index is 0.262. The van der Waals surface area contributed by atoms with Gasteiger partial charge in [0.15, 0.2) is 0 Å². The lowest BCUT2D eigenvalue weighted by molar-refractivity contribution is 0.778. The van der Waals surface area contributed by atoms with Gasteiger partial charge in [0.2, 0.25) is 0 Å². The summed E-state index contributed by atoms with van der Waals surface area (Å²) in [6.45, 7) is 1.49. The number of nitrogens with one attached hydrogen (secondary N) is 1. The quantitative estimate of drug-likeness (QED) is 0.211. The fourth-order valence-electron chi connectivity index (χ4n) is 9.68. The number of benzene rings is 4. The Bertz CT molecular complexity index is 2430. The molecule has 0 amide bonds. The van der Waals surface area contributed by atoms with Gasteiger partial charge in [-0.05, 0) is 111 Å². The molecule has 49 heavy (non-hydrogen) atoms. The highest BCUT2D eigenvalue weighted by Gasteiger charge is 2.52. The molecule has 11 rings (SSSR count). The third-order valence-corrected chi connectivity index (χ3v) is 11.7. The molecule has 5 aromatic rings. The summed E-state index contributed by atoms with van der Waals surface area (Å²) in [7, 11) is 0. The molecule has 3 nitrogen and oxygen atoms in total. The van der Waals surface area contributed by atoms with Crippen molar-refractivity contribution in [1.82, 2.24) is 9.88 Å². The van der Waals surface area contributed by atoms with Crippen LogP contribution in [0.5, 0.6) is 0 Å². The smallest absolute Gasteiger partial charge is 0.0802 e. The molecule has 1 N–H and O–H groups in total. The van der Waals surface area contributed by atoms with Gasteiger partial charge in [-0.1, -0.05) is 103 Å². The Morgan fingerprint density at radius 2 is 1.51 bits per heavy atom. The lowest BCUT2D eigenvalue weighted by Crippen LogP contribution is -2.27. The molecule has 4 aromatic carbocycles. The van der Waals surface area contributed by atoms with Crippen LogP contribution >= 0.6 is 0 Å². The van der Waals surface area contributed by atoms with E-state index >= 15 is 0 Å². The van der Waals surface area contributed by atoms with E-state index < -0.39 is 0 Å². The molecule has 3 heterocycles. The fraction of sp³-hybridized carbons (Fsp3) is 0.152. The second-order valence-electron chi connectivity index (χ2n) is 14.1. The van der Waals surface area contributed by atoms with E-state index in [0.29, 0.717) is 0 Å². The zero-order chi connectivity index (χ0) is 32.1. The number of fused-ring (bicyclic) bond motifs is 12. The predicted octanol–water partition coefficient (Wildman–Crippen LogP) is 10.2. The molecule has 6 aliphatic rings. The maximum atomic E-state index is 4.76. The number of allylic oxidation sites excluding steroid dienone is 8. The highest BCUT2D eigenvalue weighted by molar-refractivity contribution is 5.99. The Hall–Kier alpha value is -5.67. The molecule has 2 aliphatic heterocycles. The lowest BCUT2D eigenvalue weighted by atomic mass is 9.69. The van der Waals surface area contributed by atoms with Gasteiger partial charge in [0.1, 0.15) is 0 Å². The molecule has 4 aliphatic carbocycles. The summed E-state index contributed by atoms with van der Waals surface area (Å²) in [4.78, 5) is 4.76. The molecule has 1 spiro atoms. The van der Waals surface area contributed by atoms with E-state index in [0.717, 1.165) is 38.8 Å². The Morgan fingerprint density at radius 3 is 2.35 bits per heavy atom. The van der Waals surface area contributed by atoms with E-state index in [1.54, 1.807) is 0 Å². The van der Waals surface area contributed by atoms with Gasteiger partial charge in [-0.25, -0.2) is 0 Å². The third kappa shape index (κ3) is 3.65. The zero-order valence-electron chi connectivity index (χ0n) is 27.3. The van der Waals surface area contributed by atoms with Crippen LogP contribution in [0.15, 0.2) is 132 Å². The number of aliphatic imine (C=N–C) groups is 1. The molecule has 0 radical (unpaired) electrons. The molecule has 0 bridgehead atoms. The van der Waals surface area contributed by atoms with E-state index in [1.807, 2.05) is 0 Å². The average Bonchev–Trinajstić information content (AvgIpc) is 3.92. The van der Waals surface area contributed by atoms with Crippen LogP contribution < -0.4 is 5.32 Å². The lowest BCUT2D eigenvalue weighted by Gasteiger charge is -2.32. The molecule has 234 valence electrons. The summed E-state index contributed by atoms with van der Waals surface area (Å²) >= 11 is 0. The Balaban J connectivity index is 1.05. The van der Waals surface area contributed by atoms with Crippen molar-refractivity contribution in [3.63, 3.8) is 0 Å². The van der Waals surface area contributed by atoms with Crippen LogP contribution in [0.2, 0.25) is 0 Å². The minimum atomic E-state index is -0.262. The second kappa shape index (κ2) is 10.2. The van der Waals surface area contributed by atoms with Crippen LogP contribution in [-0.2, 0) is 18.5 Å². The van der Waals surface area contributed by atoms with Crippen molar-refractivity contribution >= 4 is 29.1 Å². The van der Waals surface area contributed by atoms with Crippen molar-refractivity contribution in [2.75, 3.05) is 0 Å². The van der Waals surface area contributed by atoms with E-state index in [1.165, 1.54) is 95.1 Å². The van der Waals surface area contributed by atoms with Crippen molar-refractivity contribution < 1.29 is 0 Å². The first-order valence-corrected chi connectivity index (χ1v) is 17.7. The number of hydrogen-bond donors (Lipinski definition) is 1. The molecule has 0 saturated heterocycles. The second-order valence-corrected chi connectivity index (χ2v) is 14.1. The van der Waals surface area contributed by atoms with Gasteiger partial charge in [0.25, 0.3) is 0 Å². The summed E-state index contributed by atoms with van der Waals surface area (Å²) in [5.74, 6) is 0. The van der Waals surface area contributed by atoms with Gasteiger partial charge in [0, 0.05) is 28.7 Å². The summed E-state index contributed by atoms with van der Waals surface area (Å²) in [6.07, 6.45) is 20.4. The van der Waals surface area contributed by atoms with Crippen molar-refractivity contribution in [2.45, 2.75) is 44.2 Å². The molecular formula is C46H35N3. The van der Waals surface area contributed by atoms with E-state index in [-0.39, 0.29) is 5.41 Å². The Labute approximate surface area is 287 Å². The number of rotatable bonds is 3. The molecule has 0 unspecified atom stereocenters. The van der Waals surface area contributed by atoms with Crippen molar-refractivity contribution in [3.05, 3.63) is 183 Å². The van der Waals surface area contributed by atoms with E-state index in [2.05, 4.69) is 144 Å². The topological polar surface area (TPSA) is 29.3 Å².